The summed E-state index contributed by atoms with van der Waals surface area (Å²) in [5, 5.41) is 16.0. The second kappa shape index (κ2) is 6.61. The molecule has 1 amide bonds. The third-order valence-electron chi connectivity index (χ3n) is 4.05. The SMILES string of the molecule is N#CC(NC(=O)n1cc(-c2ccnc3[nH]c(=O)[nH]c23)cn1)c1ccccc1. The van der Waals surface area contributed by atoms with Crippen molar-refractivity contribution in [2.24, 2.45) is 0 Å². The number of nitrogens with zero attached hydrogens (tertiary/aromatic N) is 4. The number of aromatic amines is 2. The van der Waals surface area contributed by atoms with Gasteiger partial charge in [0.2, 0.25) is 0 Å². The van der Waals surface area contributed by atoms with Gasteiger partial charge in [0.15, 0.2) is 5.65 Å². The Labute approximate surface area is 152 Å². The highest BCUT2D eigenvalue weighted by molar-refractivity contribution is 5.89. The largest absolute Gasteiger partial charge is 0.343 e. The summed E-state index contributed by atoms with van der Waals surface area (Å²) in [7, 11) is 0. The number of aromatic nitrogens is 5. The van der Waals surface area contributed by atoms with Crippen LogP contribution in [0.15, 0.2) is 59.8 Å². The van der Waals surface area contributed by atoms with E-state index in [0.29, 0.717) is 27.9 Å². The van der Waals surface area contributed by atoms with Crippen molar-refractivity contribution in [2.45, 2.75) is 6.04 Å². The third kappa shape index (κ3) is 3.07. The minimum absolute atomic E-state index is 0.366. The van der Waals surface area contributed by atoms with E-state index in [1.165, 1.54) is 12.4 Å². The number of amides is 1. The smallest absolute Gasteiger partial charge is 0.316 e. The summed E-state index contributed by atoms with van der Waals surface area (Å²) in [4.78, 5) is 33.3. The molecular formula is C18H13N7O2. The van der Waals surface area contributed by atoms with Gasteiger partial charge in [-0.3, -0.25) is 4.98 Å². The van der Waals surface area contributed by atoms with Crippen molar-refractivity contribution in [2.75, 3.05) is 0 Å². The quantitative estimate of drug-likeness (QED) is 0.514. The molecule has 3 heterocycles. The molecule has 0 aliphatic carbocycles. The predicted octanol–water partition coefficient (Wildman–Crippen LogP) is 1.94. The van der Waals surface area contributed by atoms with Crippen molar-refractivity contribution in [3.8, 4) is 17.2 Å². The Morgan fingerprint density at radius 1 is 1.22 bits per heavy atom. The first-order valence-corrected chi connectivity index (χ1v) is 8.03. The molecule has 0 radical (unpaired) electrons. The van der Waals surface area contributed by atoms with Crippen LogP contribution in [-0.2, 0) is 0 Å². The first-order valence-electron chi connectivity index (χ1n) is 8.03. The average molecular weight is 359 g/mol. The predicted molar refractivity (Wildman–Crippen MR) is 96.7 cm³/mol. The maximum atomic E-state index is 12.5. The van der Waals surface area contributed by atoms with Crippen LogP contribution in [-0.4, -0.2) is 30.8 Å². The molecule has 9 heteroatoms. The fraction of sp³-hybridized carbons (Fsp3) is 0.0556. The molecule has 1 aromatic carbocycles. The fourth-order valence-electron chi connectivity index (χ4n) is 2.77. The summed E-state index contributed by atoms with van der Waals surface area (Å²) >= 11 is 0. The lowest BCUT2D eigenvalue weighted by atomic mass is 10.1. The van der Waals surface area contributed by atoms with Crippen LogP contribution in [0.4, 0.5) is 4.79 Å². The lowest BCUT2D eigenvalue weighted by molar-refractivity contribution is 0.238. The van der Waals surface area contributed by atoms with Gasteiger partial charge in [0.1, 0.15) is 6.04 Å². The molecule has 0 saturated carbocycles. The van der Waals surface area contributed by atoms with E-state index >= 15 is 0 Å². The molecule has 0 fully saturated rings. The van der Waals surface area contributed by atoms with Gasteiger partial charge in [0.05, 0.1) is 17.8 Å². The van der Waals surface area contributed by atoms with E-state index in [2.05, 4.69) is 31.4 Å². The number of fused-ring (bicyclic) bond motifs is 1. The lowest BCUT2D eigenvalue weighted by Gasteiger charge is -2.11. The van der Waals surface area contributed by atoms with Gasteiger partial charge in [0, 0.05) is 23.5 Å². The molecule has 3 aromatic heterocycles. The summed E-state index contributed by atoms with van der Waals surface area (Å²) in [5.74, 6) is 0. The van der Waals surface area contributed by atoms with Gasteiger partial charge in [0.25, 0.3) is 0 Å². The number of pyridine rings is 1. The molecule has 9 nitrogen and oxygen atoms in total. The zero-order valence-corrected chi connectivity index (χ0v) is 13.9. The van der Waals surface area contributed by atoms with E-state index in [-0.39, 0.29) is 5.69 Å². The third-order valence-corrected chi connectivity index (χ3v) is 4.05. The lowest BCUT2D eigenvalue weighted by Crippen LogP contribution is -2.32. The number of imidazole rings is 1. The molecule has 132 valence electrons. The normalized spacial score (nSPS) is 11.8. The van der Waals surface area contributed by atoms with Crippen molar-refractivity contribution in [1.82, 2.24) is 30.0 Å². The molecule has 0 bridgehead atoms. The van der Waals surface area contributed by atoms with Crippen molar-refractivity contribution < 1.29 is 4.79 Å². The van der Waals surface area contributed by atoms with Gasteiger partial charge in [-0.25, -0.2) is 14.6 Å². The number of nitrogens with one attached hydrogen (secondary N) is 3. The van der Waals surface area contributed by atoms with Crippen LogP contribution in [0, 0.1) is 11.3 Å². The van der Waals surface area contributed by atoms with Crippen molar-refractivity contribution in [3.63, 3.8) is 0 Å². The molecule has 0 aliphatic rings. The highest BCUT2D eigenvalue weighted by Gasteiger charge is 2.17. The van der Waals surface area contributed by atoms with Crippen molar-refractivity contribution in [1.29, 1.82) is 5.26 Å². The number of hydrogen-bond donors (Lipinski definition) is 3. The van der Waals surface area contributed by atoms with Crippen molar-refractivity contribution in [3.05, 3.63) is 71.0 Å². The van der Waals surface area contributed by atoms with E-state index in [4.69, 9.17) is 0 Å². The summed E-state index contributed by atoms with van der Waals surface area (Å²) in [6.07, 6.45) is 4.58. The van der Waals surface area contributed by atoms with E-state index in [9.17, 15) is 14.9 Å². The average Bonchev–Trinajstić information content (AvgIpc) is 3.32. The van der Waals surface area contributed by atoms with Gasteiger partial charge in [-0.05, 0) is 11.6 Å². The molecule has 27 heavy (non-hydrogen) atoms. The Morgan fingerprint density at radius 3 is 2.81 bits per heavy atom. The molecule has 1 unspecified atom stereocenters. The molecule has 0 saturated heterocycles. The summed E-state index contributed by atoms with van der Waals surface area (Å²) in [5.41, 5.74) is 2.57. The summed E-state index contributed by atoms with van der Waals surface area (Å²) < 4.78 is 1.11. The minimum atomic E-state index is -0.792. The first-order chi connectivity index (χ1) is 13.2. The Hall–Kier alpha value is -4.19. The van der Waals surface area contributed by atoms with Crippen LogP contribution in [0.25, 0.3) is 22.3 Å². The standard InChI is InChI=1S/C18H13N7O2/c19-8-14(11-4-2-1-3-5-11)22-18(27)25-10-12(9-21-25)13-6-7-20-16-15(13)23-17(26)24-16/h1-7,9-10,14H,(H,22,27)(H2,20,23,24,26). The Kier molecular flexibility index (Phi) is 3.99. The van der Waals surface area contributed by atoms with Crippen LogP contribution >= 0.6 is 0 Å². The number of benzene rings is 1. The van der Waals surface area contributed by atoms with Crippen LogP contribution < -0.4 is 11.0 Å². The van der Waals surface area contributed by atoms with Gasteiger partial charge in [-0.1, -0.05) is 30.3 Å². The van der Waals surface area contributed by atoms with Crippen LogP contribution in [0.3, 0.4) is 0 Å². The molecule has 4 rings (SSSR count). The van der Waals surface area contributed by atoms with Gasteiger partial charge in [-0.2, -0.15) is 15.0 Å². The van der Waals surface area contributed by atoms with Crippen molar-refractivity contribution >= 4 is 17.2 Å². The maximum absolute atomic E-state index is 12.5. The molecule has 4 aromatic rings. The number of H-pyrrole nitrogens is 2. The minimum Gasteiger partial charge on any atom is -0.316 e. The van der Waals surface area contributed by atoms with E-state index in [0.717, 1.165) is 4.68 Å². The molecule has 3 N–H and O–H groups in total. The Bertz CT molecular complexity index is 1210. The van der Waals surface area contributed by atoms with Gasteiger partial charge >= 0.3 is 11.7 Å². The van der Waals surface area contributed by atoms with Gasteiger partial charge in [-0.15, -0.1) is 0 Å². The zero-order chi connectivity index (χ0) is 18.8. The van der Waals surface area contributed by atoms with Crippen LogP contribution in [0.1, 0.15) is 11.6 Å². The summed E-state index contributed by atoms with van der Waals surface area (Å²) in [6, 6.07) is 11.4. The van der Waals surface area contributed by atoms with E-state index < -0.39 is 12.1 Å². The Balaban J connectivity index is 1.61. The highest BCUT2D eigenvalue weighted by Crippen LogP contribution is 2.24. The maximum Gasteiger partial charge on any atom is 0.343 e. The number of hydrogen-bond acceptors (Lipinski definition) is 5. The molecule has 1 atom stereocenters. The van der Waals surface area contributed by atoms with Gasteiger partial charge < -0.3 is 10.3 Å². The topological polar surface area (TPSA) is 132 Å². The van der Waals surface area contributed by atoms with E-state index in [1.54, 1.807) is 36.5 Å². The first kappa shape index (κ1) is 16.3. The monoisotopic (exact) mass is 359 g/mol. The Morgan fingerprint density at radius 2 is 2.04 bits per heavy atom. The molecule has 0 aliphatic heterocycles. The second-order valence-electron chi connectivity index (χ2n) is 5.76. The summed E-state index contributed by atoms with van der Waals surface area (Å²) in [6.45, 7) is 0. The number of carbonyl (C=O) groups is 1. The zero-order valence-electron chi connectivity index (χ0n) is 13.9. The van der Waals surface area contributed by atoms with E-state index in [1.807, 2.05) is 6.07 Å². The molecular weight excluding hydrogens is 346 g/mol. The number of carbonyl (C=O) groups excluding carboxylic acids is 1. The number of rotatable bonds is 3. The fourth-order valence-corrected chi connectivity index (χ4v) is 2.77. The molecule has 0 spiro atoms. The number of nitriles is 1. The van der Waals surface area contributed by atoms with Crippen LogP contribution in [0.2, 0.25) is 0 Å². The van der Waals surface area contributed by atoms with Crippen LogP contribution in [0.5, 0.6) is 0 Å². The highest BCUT2D eigenvalue weighted by atomic mass is 16.2. The second-order valence-corrected chi connectivity index (χ2v) is 5.76.